The van der Waals surface area contributed by atoms with Gasteiger partial charge in [0.15, 0.2) is 0 Å². The lowest BCUT2D eigenvalue weighted by Crippen LogP contribution is -2.39. The van der Waals surface area contributed by atoms with Gasteiger partial charge in [0.05, 0.1) is 32.8 Å². The molecule has 0 unspecified atom stereocenters. The van der Waals surface area contributed by atoms with Crippen LogP contribution in [-0.2, 0) is 28.7 Å². The summed E-state index contributed by atoms with van der Waals surface area (Å²) < 4.78 is 10.4. The van der Waals surface area contributed by atoms with Crippen molar-refractivity contribution in [3.05, 3.63) is 11.6 Å². The summed E-state index contributed by atoms with van der Waals surface area (Å²) in [5.74, 6) is -1.13. The smallest absolute Gasteiger partial charge is 0.305 e. The minimum atomic E-state index is -0.896. The molecule has 9 nitrogen and oxygen atoms in total. The van der Waals surface area contributed by atoms with E-state index < -0.39 is 5.97 Å². The molecule has 176 valence electrons. The first kappa shape index (κ1) is 26.8. The SMILES string of the molecule is CC.CC1=CC(=O)N(CC2CCC(C(=O)NCCOCCOCCC(=O)O)CC2)C1=O. The third-order valence-corrected chi connectivity index (χ3v) is 5.22. The fourth-order valence-corrected chi connectivity index (χ4v) is 3.55. The Kier molecular flexibility index (Phi) is 12.7. The molecule has 0 spiro atoms. The van der Waals surface area contributed by atoms with Crippen molar-refractivity contribution < 1.29 is 33.8 Å². The number of ether oxygens (including phenoxy) is 2. The van der Waals surface area contributed by atoms with Gasteiger partial charge in [-0.05, 0) is 38.5 Å². The Hall–Kier alpha value is -2.26. The number of aliphatic carboxylic acids is 1. The van der Waals surface area contributed by atoms with Crippen LogP contribution in [0.3, 0.4) is 0 Å². The molecule has 2 N–H and O–H groups in total. The molecule has 3 amide bonds. The Bertz CT molecular complexity index is 640. The molecule has 1 aliphatic carbocycles. The molecule has 1 aliphatic heterocycles. The standard InChI is InChI=1S/C20H30N2O7.C2H6/c1-14-12-17(23)22(20(14)27)13-15-2-4-16(5-3-15)19(26)21-7-9-29-11-10-28-8-6-18(24)25;1-2/h12,15-16H,2-11,13H2,1H3,(H,21,26)(H,24,25);1-2H3. The molecule has 1 fully saturated rings. The van der Waals surface area contributed by atoms with E-state index in [1.807, 2.05) is 13.8 Å². The van der Waals surface area contributed by atoms with Gasteiger partial charge < -0.3 is 19.9 Å². The van der Waals surface area contributed by atoms with Gasteiger partial charge in [0.2, 0.25) is 5.91 Å². The van der Waals surface area contributed by atoms with Gasteiger partial charge in [-0.2, -0.15) is 0 Å². The number of imide groups is 1. The van der Waals surface area contributed by atoms with Gasteiger partial charge in [-0.15, -0.1) is 0 Å². The summed E-state index contributed by atoms with van der Waals surface area (Å²) in [5.41, 5.74) is 0.483. The Labute approximate surface area is 184 Å². The van der Waals surface area contributed by atoms with E-state index in [4.69, 9.17) is 14.6 Å². The van der Waals surface area contributed by atoms with Crippen LogP contribution in [0.25, 0.3) is 0 Å². The van der Waals surface area contributed by atoms with E-state index in [2.05, 4.69) is 5.32 Å². The highest BCUT2D eigenvalue weighted by atomic mass is 16.5. The van der Waals surface area contributed by atoms with E-state index in [1.54, 1.807) is 6.92 Å². The van der Waals surface area contributed by atoms with E-state index in [-0.39, 0.29) is 42.6 Å². The zero-order valence-corrected chi connectivity index (χ0v) is 18.9. The van der Waals surface area contributed by atoms with Gasteiger partial charge in [0.25, 0.3) is 11.8 Å². The third kappa shape index (κ3) is 9.61. The summed E-state index contributed by atoms with van der Waals surface area (Å²) in [6.07, 6.45) is 4.48. The van der Waals surface area contributed by atoms with Gasteiger partial charge in [-0.25, -0.2) is 0 Å². The zero-order chi connectivity index (χ0) is 23.2. The summed E-state index contributed by atoms with van der Waals surface area (Å²) >= 11 is 0. The molecule has 31 heavy (non-hydrogen) atoms. The highest BCUT2D eigenvalue weighted by Gasteiger charge is 2.33. The van der Waals surface area contributed by atoms with Crippen LogP contribution in [0.1, 0.15) is 52.9 Å². The number of nitrogens with zero attached hydrogens (tertiary/aromatic N) is 1. The molecule has 0 aromatic carbocycles. The second-order valence-electron chi connectivity index (χ2n) is 7.46. The van der Waals surface area contributed by atoms with Crippen LogP contribution in [0.15, 0.2) is 11.6 Å². The monoisotopic (exact) mass is 440 g/mol. The van der Waals surface area contributed by atoms with Crippen molar-refractivity contribution in [1.82, 2.24) is 10.2 Å². The average Bonchev–Trinajstić information content (AvgIpc) is 3.00. The maximum absolute atomic E-state index is 12.3. The van der Waals surface area contributed by atoms with Crippen LogP contribution in [0, 0.1) is 11.8 Å². The highest BCUT2D eigenvalue weighted by molar-refractivity contribution is 6.15. The summed E-state index contributed by atoms with van der Waals surface area (Å²) in [7, 11) is 0. The molecule has 9 heteroatoms. The van der Waals surface area contributed by atoms with Crippen LogP contribution in [0.4, 0.5) is 0 Å². The van der Waals surface area contributed by atoms with E-state index in [0.29, 0.717) is 38.5 Å². The van der Waals surface area contributed by atoms with E-state index in [0.717, 1.165) is 25.7 Å². The number of carbonyl (C=O) groups excluding carboxylic acids is 3. The molecule has 0 radical (unpaired) electrons. The Balaban J connectivity index is 0.00000233. The number of carbonyl (C=O) groups is 4. The first-order chi connectivity index (χ1) is 14.9. The Morgan fingerprint density at radius 3 is 2.23 bits per heavy atom. The predicted molar refractivity (Wildman–Crippen MR) is 114 cm³/mol. The molecule has 2 aliphatic rings. The molecule has 1 heterocycles. The van der Waals surface area contributed by atoms with Crippen molar-refractivity contribution in [2.45, 2.75) is 52.9 Å². The van der Waals surface area contributed by atoms with Crippen molar-refractivity contribution >= 4 is 23.7 Å². The van der Waals surface area contributed by atoms with Gasteiger partial charge >= 0.3 is 5.97 Å². The summed E-state index contributed by atoms with van der Waals surface area (Å²) in [6.45, 7) is 7.70. The summed E-state index contributed by atoms with van der Waals surface area (Å²) in [4.78, 5) is 47.7. The number of rotatable bonds is 12. The Morgan fingerprint density at radius 1 is 1.06 bits per heavy atom. The number of nitrogens with one attached hydrogen (secondary N) is 1. The van der Waals surface area contributed by atoms with Crippen molar-refractivity contribution in [2.75, 3.05) is 39.5 Å². The van der Waals surface area contributed by atoms with Crippen LogP contribution in [-0.4, -0.2) is 73.2 Å². The van der Waals surface area contributed by atoms with Crippen LogP contribution >= 0.6 is 0 Å². The van der Waals surface area contributed by atoms with Gasteiger partial charge in [-0.3, -0.25) is 24.1 Å². The van der Waals surface area contributed by atoms with Crippen LogP contribution < -0.4 is 5.32 Å². The van der Waals surface area contributed by atoms with Gasteiger partial charge in [-0.1, -0.05) is 13.8 Å². The van der Waals surface area contributed by atoms with Crippen LogP contribution in [0.5, 0.6) is 0 Å². The first-order valence-corrected chi connectivity index (χ1v) is 11.1. The minimum absolute atomic E-state index is 0.00981. The topological polar surface area (TPSA) is 122 Å². The lowest BCUT2D eigenvalue weighted by atomic mass is 9.81. The lowest BCUT2D eigenvalue weighted by Gasteiger charge is -2.30. The first-order valence-electron chi connectivity index (χ1n) is 11.1. The number of amides is 3. The molecule has 0 aromatic heterocycles. The fraction of sp³-hybridized carbons (Fsp3) is 0.727. The molecular formula is C22H36N2O7. The number of hydrogen-bond acceptors (Lipinski definition) is 6. The van der Waals surface area contributed by atoms with Crippen molar-refractivity contribution in [2.24, 2.45) is 11.8 Å². The summed E-state index contributed by atoms with van der Waals surface area (Å²) in [5, 5.41) is 11.3. The second kappa shape index (κ2) is 14.7. The van der Waals surface area contributed by atoms with Crippen LogP contribution in [0.2, 0.25) is 0 Å². The lowest BCUT2D eigenvalue weighted by molar-refractivity contribution is -0.139. The second-order valence-corrected chi connectivity index (χ2v) is 7.46. The normalized spacial score (nSPS) is 20.7. The quantitative estimate of drug-likeness (QED) is 0.350. The highest BCUT2D eigenvalue weighted by Crippen LogP contribution is 2.30. The van der Waals surface area contributed by atoms with E-state index in [9.17, 15) is 19.2 Å². The fourth-order valence-electron chi connectivity index (χ4n) is 3.55. The average molecular weight is 441 g/mol. The molecule has 0 bridgehead atoms. The molecule has 0 aromatic rings. The summed E-state index contributed by atoms with van der Waals surface area (Å²) in [6, 6.07) is 0. The van der Waals surface area contributed by atoms with E-state index >= 15 is 0 Å². The predicted octanol–water partition coefficient (Wildman–Crippen LogP) is 1.76. The van der Waals surface area contributed by atoms with Crippen molar-refractivity contribution in [3.8, 4) is 0 Å². The number of carboxylic acids is 1. The Morgan fingerprint density at radius 2 is 1.68 bits per heavy atom. The van der Waals surface area contributed by atoms with Crippen molar-refractivity contribution in [1.29, 1.82) is 0 Å². The number of hydrogen-bond donors (Lipinski definition) is 2. The van der Waals surface area contributed by atoms with Gasteiger partial charge in [0, 0.05) is 30.7 Å². The molecule has 0 atom stereocenters. The zero-order valence-electron chi connectivity index (χ0n) is 18.9. The third-order valence-electron chi connectivity index (χ3n) is 5.22. The molecule has 2 rings (SSSR count). The maximum atomic E-state index is 12.3. The molecular weight excluding hydrogens is 404 g/mol. The minimum Gasteiger partial charge on any atom is -0.481 e. The maximum Gasteiger partial charge on any atom is 0.305 e. The van der Waals surface area contributed by atoms with Crippen molar-refractivity contribution in [3.63, 3.8) is 0 Å². The molecule has 1 saturated carbocycles. The number of carboxylic acid groups (broad SMARTS) is 1. The van der Waals surface area contributed by atoms with E-state index in [1.165, 1.54) is 11.0 Å². The molecule has 0 saturated heterocycles. The largest absolute Gasteiger partial charge is 0.481 e. The van der Waals surface area contributed by atoms with Gasteiger partial charge in [0.1, 0.15) is 0 Å².